The molecule has 1 N–H and O–H groups in total. The van der Waals surface area contributed by atoms with E-state index in [0.29, 0.717) is 0 Å². The van der Waals surface area contributed by atoms with E-state index in [-0.39, 0.29) is 0 Å². The van der Waals surface area contributed by atoms with E-state index in [0.717, 1.165) is 43.1 Å². The molecule has 1 aliphatic carbocycles. The molecule has 2 fully saturated rings. The van der Waals surface area contributed by atoms with Crippen LogP contribution in [0.2, 0.25) is 0 Å². The van der Waals surface area contributed by atoms with Gasteiger partial charge in [0, 0.05) is 31.9 Å². The van der Waals surface area contributed by atoms with Crippen LogP contribution in [0.4, 0.5) is 5.82 Å². The number of nitrogens with zero attached hydrogens (tertiary/aromatic N) is 3. The largest absolute Gasteiger partial charge is 0.355 e. The highest BCUT2D eigenvalue weighted by Gasteiger charge is 2.21. The van der Waals surface area contributed by atoms with E-state index >= 15 is 0 Å². The summed E-state index contributed by atoms with van der Waals surface area (Å²) in [7, 11) is 0. The number of hydrogen-bond acceptors (Lipinski definition) is 4. The molecule has 1 atom stereocenters. The van der Waals surface area contributed by atoms with Gasteiger partial charge in [0.1, 0.15) is 5.82 Å². The third-order valence-electron chi connectivity index (χ3n) is 3.80. The Morgan fingerprint density at radius 2 is 2.22 bits per heavy atom. The van der Waals surface area contributed by atoms with E-state index in [4.69, 9.17) is 4.98 Å². The van der Waals surface area contributed by atoms with Crippen LogP contribution in [0.15, 0.2) is 12.4 Å². The lowest BCUT2D eigenvalue weighted by molar-refractivity contribution is 0.444. The quantitative estimate of drug-likeness (QED) is 0.882. The summed E-state index contributed by atoms with van der Waals surface area (Å²) in [5, 5.41) is 3.49. The van der Waals surface area contributed by atoms with Crippen molar-refractivity contribution in [1.29, 1.82) is 0 Å². The fourth-order valence-corrected chi connectivity index (χ4v) is 2.57. The second-order valence-electron chi connectivity index (χ2n) is 5.72. The number of hydrogen-bond donors (Lipinski definition) is 1. The lowest BCUT2D eigenvalue weighted by Gasteiger charge is -2.31. The van der Waals surface area contributed by atoms with Gasteiger partial charge in [0.15, 0.2) is 0 Å². The molecule has 3 rings (SSSR count). The average Bonchev–Trinajstić information content (AvgIpc) is 3.21. The Bertz CT molecular complexity index is 403. The Morgan fingerprint density at radius 3 is 3.00 bits per heavy atom. The summed E-state index contributed by atoms with van der Waals surface area (Å²) >= 11 is 0. The average molecular weight is 246 g/mol. The standard InChI is InChI=1S/C14H22N4/c1-11-3-2-6-18(10-11)14-9-15-7-13(17-14)8-16-12-4-5-12/h7,9,11-12,16H,2-6,8,10H2,1H3. The predicted molar refractivity (Wildman–Crippen MR) is 72.5 cm³/mol. The summed E-state index contributed by atoms with van der Waals surface area (Å²) in [6, 6.07) is 0.727. The van der Waals surface area contributed by atoms with Gasteiger partial charge in [0.05, 0.1) is 11.9 Å². The van der Waals surface area contributed by atoms with Crippen LogP contribution in [0.25, 0.3) is 0 Å². The zero-order valence-electron chi connectivity index (χ0n) is 11.1. The Kier molecular flexibility index (Phi) is 3.46. The van der Waals surface area contributed by atoms with Gasteiger partial charge >= 0.3 is 0 Å². The summed E-state index contributed by atoms with van der Waals surface area (Å²) in [5.41, 5.74) is 1.07. The van der Waals surface area contributed by atoms with Crippen molar-refractivity contribution in [3.63, 3.8) is 0 Å². The topological polar surface area (TPSA) is 41.1 Å². The maximum absolute atomic E-state index is 4.73. The van der Waals surface area contributed by atoms with Gasteiger partial charge in [-0.2, -0.15) is 0 Å². The van der Waals surface area contributed by atoms with Gasteiger partial charge in [0.2, 0.25) is 0 Å². The second-order valence-corrected chi connectivity index (χ2v) is 5.72. The van der Waals surface area contributed by atoms with Gasteiger partial charge < -0.3 is 10.2 Å². The molecule has 0 aromatic carbocycles. The first kappa shape index (κ1) is 11.9. The van der Waals surface area contributed by atoms with Crippen molar-refractivity contribution < 1.29 is 0 Å². The van der Waals surface area contributed by atoms with Crippen LogP contribution in [-0.4, -0.2) is 29.1 Å². The van der Waals surface area contributed by atoms with E-state index < -0.39 is 0 Å². The van der Waals surface area contributed by atoms with Crippen LogP contribution < -0.4 is 10.2 Å². The van der Waals surface area contributed by atoms with Crippen molar-refractivity contribution in [1.82, 2.24) is 15.3 Å². The molecule has 0 bridgehead atoms. The molecule has 1 unspecified atom stereocenters. The minimum absolute atomic E-state index is 0.727. The van der Waals surface area contributed by atoms with Crippen molar-refractivity contribution in [3.8, 4) is 0 Å². The van der Waals surface area contributed by atoms with Gasteiger partial charge in [-0.05, 0) is 31.6 Å². The molecule has 18 heavy (non-hydrogen) atoms. The summed E-state index contributed by atoms with van der Waals surface area (Å²) in [4.78, 5) is 11.4. The highest BCUT2D eigenvalue weighted by atomic mass is 15.2. The highest BCUT2D eigenvalue weighted by Crippen LogP contribution is 2.21. The smallest absolute Gasteiger partial charge is 0.147 e. The van der Waals surface area contributed by atoms with E-state index in [2.05, 4.69) is 22.1 Å². The summed E-state index contributed by atoms with van der Waals surface area (Å²) < 4.78 is 0. The molecule has 0 spiro atoms. The Labute approximate surface area is 109 Å². The zero-order valence-corrected chi connectivity index (χ0v) is 11.1. The molecule has 1 aromatic rings. The summed E-state index contributed by atoms with van der Waals surface area (Å²) in [5.74, 6) is 1.82. The number of anilines is 1. The van der Waals surface area contributed by atoms with Crippen molar-refractivity contribution >= 4 is 5.82 Å². The van der Waals surface area contributed by atoms with Crippen LogP contribution in [0.1, 0.15) is 38.3 Å². The molecule has 2 heterocycles. The number of aromatic nitrogens is 2. The lowest BCUT2D eigenvalue weighted by atomic mass is 10.0. The maximum Gasteiger partial charge on any atom is 0.147 e. The van der Waals surface area contributed by atoms with Gasteiger partial charge in [0.25, 0.3) is 0 Å². The third-order valence-corrected chi connectivity index (χ3v) is 3.80. The maximum atomic E-state index is 4.73. The van der Waals surface area contributed by atoms with Crippen molar-refractivity contribution in [2.24, 2.45) is 5.92 Å². The van der Waals surface area contributed by atoms with Gasteiger partial charge in [-0.1, -0.05) is 6.92 Å². The van der Waals surface area contributed by atoms with E-state index in [9.17, 15) is 0 Å². The number of rotatable bonds is 4. The first-order chi connectivity index (χ1) is 8.81. The Balaban J connectivity index is 1.65. The predicted octanol–water partition coefficient (Wildman–Crippen LogP) is 1.96. The van der Waals surface area contributed by atoms with E-state index in [1.807, 2.05) is 12.4 Å². The van der Waals surface area contributed by atoms with Gasteiger partial charge in [-0.15, -0.1) is 0 Å². The van der Waals surface area contributed by atoms with Crippen LogP contribution in [0.5, 0.6) is 0 Å². The van der Waals surface area contributed by atoms with Crippen molar-refractivity contribution in [2.75, 3.05) is 18.0 Å². The van der Waals surface area contributed by atoms with Crippen LogP contribution >= 0.6 is 0 Å². The molecule has 2 aliphatic rings. The molecule has 1 aromatic heterocycles. The molecule has 4 heteroatoms. The molecule has 1 saturated carbocycles. The molecule has 0 radical (unpaired) electrons. The fraction of sp³-hybridized carbons (Fsp3) is 0.714. The van der Waals surface area contributed by atoms with Crippen LogP contribution in [0, 0.1) is 5.92 Å². The molecule has 0 amide bonds. The monoisotopic (exact) mass is 246 g/mol. The summed E-state index contributed by atoms with van der Waals surface area (Å²) in [6.07, 6.45) is 9.03. The van der Waals surface area contributed by atoms with Gasteiger partial charge in [-0.3, -0.25) is 4.98 Å². The third kappa shape index (κ3) is 2.99. The minimum Gasteiger partial charge on any atom is -0.355 e. The van der Waals surface area contributed by atoms with Crippen molar-refractivity contribution in [3.05, 3.63) is 18.1 Å². The zero-order chi connectivity index (χ0) is 12.4. The van der Waals surface area contributed by atoms with E-state index in [1.165, 1.54) is 25.7 Å². The molecule has 4 nitrogen and oxygen atoms in total. The lowest BCUT2D eigenvalue weighted by Crippen LogP contribution is -2.35. The minimum atomic E-state index is 0.727. The Morgan fingerprint density at radius 1 is 1.33 bits per heavy atom. The molecular formula is C14H22N4. The SMILES string of the molecule is CC1CCCN(c2cncc(CNC3CC3)n2)C1. The van der Waals surface area contributed by atoms with Crippen LogP contribution in [0.3, 0.4) is 0 Å². The van der Waals surface area contributed by atoms with Crippen molar-refractivity contribution in [2.45, 2.75) is 45.2 Å². The molecule has 98 valence electrons. The molecule has 1 aliphatic heterocycles. The Hall–Kier alpha value is -1.16. The first-order valence-corrected chi connectivity index (χ1v) is 7.10. The molecular weight excluding hydrogens is 224 g/mol. The molecule has 1 saturated heterocycles. The first-order valence-electron chi connectivity index (χ1n) is 7.10. The second kappa shape index (κ2) is 5.22. The van der Waals surface area contributed by atoms with Gasteiger partial charge in [-0.25, -0.2) is 4.98 Å². The number of nitrogens with one attached hydrogen (secondary N) is 1. The normalized spacial score (nSPS) is 24.3. The summed E-state index contributed by atoms with van der Waals surface area (Å²) in [6.45, 7) is 5.42. The number of piperidine rings is 1. The highest BCUT2D eigenvalue weighted by molar-refractivity contribution is 5.36. The fourth-order valence-electron chi connectivity index (χ4n) is 2.57. The van der Waals surface area contributed by atoms with E-state index in [1.54, 1.807) is 0 Å². The van der Waals surface area contributed by atoms with Crippen LogP contribution in [-0.2, 0) is 6.54 Å².